The minimum absolute atomic E-state index is 0.0336. The van der Waals surface area contributed by atoms with Gasteiger partial charge in [0.15, 0.2) is 6.10 Å². The first-order chi connectivity index (χ1) is 49.0. The van der Waals surface area contributed by atoms with Gasteiger partial charge in [0.25, 0.3) is 7.82 Å². The van der Waals surface area contributed by atoms with Gasteiger partial charge in [-0.1, -0.05) is 386 Å². The van der Waals surface area contributed by atoms with E-state index in [1.54, 1.807) is 0 Å². The van der Waals surface area contributed by atoms with E-state index in [0.717, 1.165) is 96.3 Å². The van der Waals surface area contributed by atoms with Gasteiger partial charge in [-0.15, -0.1) is 0 Å². The van der Waals surface area contributed by atoms with Crippen molar-refractivity contribution in [3.05, 3.63) is 122 Å². The highest BCUT2D eigenvalue weighted by Gasteiger charge is 2.22. The van der Waals surface area contributed by atoms with Crippen molar-refractivity contribution >= 4 is 19.8 Å². The van der Waals surface area contributed by atoms with Gasteiger partial charge in [0.05, 0.1) is 27.7 Å². The second-order valence-electron chi connectivity index (χ2n) is 29.5. The van der Waals surface area contributed by atoms with Gasteiger partial charge in [-0.3, -0.25) is 14.2 Å². The van der Waals surface area contributed by atoms with Crippen LogP contribution in [0.4, 0.5) is 0 Å². The predicted octanol–water partition coefficient (Wildman–Crippen LogP) is 27.9. The molecule has 0 aliphatic heterocycles. The molecule has 0 bridgehead atoms. The smallest absolute Gasteiger partial charge is 0.306 e. The van der Waals surface area contributed by atoms with Crippen LogP contribution in [0.3, 0.4) is 0 Å². The normalized spacial score (nSPS) is 13.6. The van der Waals surface area contributed by atoms with Gasteiger partial charge in [-0.25, -0.2) is 0 Å². The van der Waals surface area contributed by atoms with E-state index in [1.807, 2.05) is 21.1 Å². The number of carbonyl (C=O) groups is 2. The van der Waals surface area contributed by atoms with Crippen LogP contribution in [0, 0.1) is 0 Å². The number of likely N-dealkylation sites (N-methyl/N-ethyl adjacent to an activating group) is 1. The SMILES string of the molecule is CC/C=C\C/C=C\C/C=C\C/C=C\C/C=C\C/C=C\C/C=C\C/C=C\CCCCCCCCCCCCCCC(=O)OC(COC(=O)CCCCCCCCCCCCCCCCCCCCCCCCCCCCC/C=C\C/C=C\CCCCCCC)COP(=O)([O-])OCC[N+](C)(C)C. The monoisotopic (exact) mass is 1410 g/mol. The number of hydrogen-bond acceptors (Lipinski definition) is 8. The number of quaternary nitrogens is 1. The van der Waals surface area contributed by atoms with E-state index in [0.29, 0.717) is 17.4 Å². The van der Waals surface area contributed by atoms with E-state index in [9.17, 15) is 19.0 Å². The molecule has 0 rings (SSSR count). The van der Waals surface area contributed by atoms with Gasteiger partial charge >= 0.3 is 11.9 Å². The number of rotatable bonds is 78. The lowest BCUT2D eigenvalue weighted by Crippen LogP contribution is -2.37. The third-order valence-corrected chi connectivity index (χ3v) is 19.4. The molecule has 100 heavy (non-hydrogen) atoms. The van der Waals surface area contributed by atoms with Crippen LogP contribution in [0.1, 0.15) is 386 Å². The molecule has 0 heterocycles. The van der Waals surface area contributed by atoms with Crippen LogP contribution in [0.5, 0.6) is 0 Å². The quantitative estimate of drug-likeness (QED) is 0.0195. The minimum Gasteiger partial charge on any atom is -0.756 e. The second-order valence-corrected chi connectivity index (χ2v) is 30.9. The molecule has 2 unspecified atom stereocenters. The zero-order valence-corrected chi connectivity index (χ0v) is 67.0. The van der Waals surface area contributed by atoms with Gasteiger partial charge in [-0.2, -0.15) is 0 Å². The van der Waals surface area contributed by atoms with Gasteiger partial charge in [0.2, 0.25) is 0 Å². The molecule has 0 aromatic carbocycles. The standard InChI is InChI=1S/C90H160NO8P/c1-6-8-10-12-14-16-18-20-22-24-26-28-30-32-34-36-38-40-42-44-45-47-48-50-52-54-56-58-60-62-64-66-68-70-72-74-76-78-80-82-89(92)96-86-88(87-98-100(94,95)97-85-84-91(3,4)5)99-90(93)83-81-79-77-75-73-71-69-67-65-63-61-59-57-55-53-51-49-46-43-41-39-37-35-33-31-29-27-25-23-21-19-17-15-13-11-9-7-2/h9,11,15,17-18,20-21,23-24,26-27,29,33,35,39,41,46,49,53,55,88H,6-8,10,12-14,16,19,22,25,28,30-32,34,36-38,40,42-45,47-48,50-52,54,56-87H2,1-5H3/b11-9-,17-15-,20-18-,23-21-,26-24-,29-27-,35-33-,41-39-,49-46-,55-53-. The average molecular weight is 1420 g/mol. The molecule has 10 heteroatoms. The molecular formula is C90H160NO8P. The topological polar surface area (TPSA) is 111 Å². The van der Waals surface area contributed by atoms with Gasteiger partial charge in [0.1, 0.15) is 19.8 Å². The van der Waals surface area contributed by atoms with Crippen LogP contribution in [-0.4, -0.2) is 70.0 Å². The summed E-state index contributed by atoms with van der Waals surface area (Å²) in [7, 11) is 1.17. The summed E-state index contributed by atoms with van der Waals surface area (Å²) in [5.41, 5.74) is 0. The molecule has 0 aliphatic carbocycles. The van der Waals surface area contributed by atoms with Crippen molar-refractivity contribution in [1.29, 1.82) is 0 Å². The third kappa shape index (κ3) is 83.4. The van der Waals surface area contributed by atoms with E-state index in [4.69, 9.17) is 18.5 Å². The van der Waals surface area contributed by atoms with Crippen LogP contribution in [0.25, 0.3) is 0 Å². The third-order valence-electron chi connectivity index (χ3n) is 18.5. The van der Waals surface area contributed by atoms with Crippen LogP contribution < -0.4 is 4.89 Å². The van der Waals surface area contributed by atoms with Crippen molar-refractivity contribution in [3.8, 4) is 0 Å². The molecule has 0 amide bonds. The summed E-state index contributed by atoms with van der Waals surface area (Å²) in [6.07, 6.45) is 115. The van der Waals surface area contributed by atoms with Crippen LogP contribution in [0.15, 0.2) is 122 Å². The summed E-state index contributed by atoms with van der Waals surface area (Å²) in [6.45, 7) is 4.16. The molecule has 2 atom stereocenters. The predicted molar refractivity (Wildman–Crippen MR) is 434 cm³/mol. The lowest BCUT2D eigenvalue weighted by atomic mass is 10.0. The van der Waals surface area contributed by atoms with Crippen molar-refractivity contribution in [2.75, 3.05) is 47.5 Å². The Labute approximate surface area is 619 Å². The summed E-state index contributed by atoms with van der Waals surface area (Å²) in [5, 5.41) is 0. The molecule has 0 spiro atoms. The van der Waals surface area contributed by atoms with Crippen molar-refractivity contribution < 1.29 is 42.1 Å². The number of nitrogens with zero attached hydrogens (tertiary/aromatic N) is 1. The minimum atomic E-state index is -4.65. The van der Waals surface area contributed by atoms with Crippen molar-refractivity contribution in [3.63, 3.8) is 0 Å². The maximum atomic E-state index is 12.9. The van der Waals surface area contributed by atoms with Crippen molar-refractivity contribution in [2.24, 2.45) is 0 Å². The number of hydrogen-bond donors (Lipinski definition) is 0. The molecule has 0 saturated heterocycles. The lowest BCUT2D eigenvalue weighted by molar-refractivity contribution is -0.870. The first kappa shape index (κ1) is 96.4. The Kier molecular flexibility index (Phi) is 76.7. The molecule has 0 N–H and O–H groups in total. The molecule has 0 aliphatic rings. The lowest BCUT2D eigenvalue weighted by Gasteiger charge is -2.28. The zero-order valence-electron chi connectivity index (χ0n) is 66.1. The number of ether oxygens (including phenoxy) is 2. The highest BCUT2D eigenvalue weighted by molar-refractivity contribution is 7.45. The molecule has 0 radical (unpaired) electrons. The Bertz CT molecular complexity index is 2110. The fourth-order valence-corrected chi connectivity index (χ4v) is 12.8. The van der Waals surface area contributed by atoms with Gasteiger partial charge in [-0.05, 0) is 109 Å². The average Bonchev–Trinajstić information content (AvgIpc) is 1.02. The fourth-order valence-electron chi connectivity index (χ4n) is 12.1. The van der Waals surface area contributed by atoms with E-state index >= 15 is 0 Å². The number of phosphoric ester groups is 1. The van der Waals surface area contributed by atoms with E-state index in [2.05, 4.69) is 135 Å². The highest BCUT2D eigenvalue weighted by atomic mass is 31.2. The van der Waals surface area contributed by atoms with E-state index < -0.39 is 26.5 Å². The molecule has 9 nitrogen and oxygen atoms in total. The molecule has 0 saturated carbocycles. The van der Waals surface area contributed by atoms with Crippen molar-refractivity contribution in [2.45, 2.75) is 392 Å². The number of esters is 2. The maximum Gasteiger partial charge on any atom is 0.306 e. The summed E-state index contributed by atoms with van der Waals surface area (Å²) in [5.74, 6) is -0.823. The molecule has 0 aromatic heterocycles. The largest absolute Gasteiger partial charge is 0.756 e. The first-order valence-electron chi connectivity index (χ1n) is 42.2. The van der Waals surface area contributed by atoms with Crippen molar-refractivity contribution in [1.82, 2.24) is 0 Å². The summed E-state index contributed by atoms with van der Waals surface area (Å²) in [4.78, 5) is 38.2. The zero-order chi connectivity index (χ0) is 72.5. The Morgan fingerprint density at radius 1 is 0.320 bits per heavy atom. The summed E-state index contributed by atoms with van der Waals surface area (Å²) >= 11 is 0. The van der Waals surface area contributed by atoms with Crippen LogP contribution in [-0.2, 0) is 32.7 Å². The number of unbranched alkanes of at least 4 members (excludes halogenated alkanes) is 44. The van der Waals surface area contributed by atoms with Gasteiger partial charge in [0, 0.05) is 12.8 Å². The van der Waals surface area contributed by atoms with E-state index in [1.165, 1.54) is 257 Å². The first-order valence-corrected chi connectivity index (χ1v) is 43.7. The number of carbonyl (C=O) groups excluding carboxylic acids is 2. The summed E-state index contributed by atoms with van der Waals surface area (Å²) < 4.78 is 34.4. The second kappa shape index (κ2) is 79.5. The maximum absolute atomic E-state index is 12.9. The molecule has 578 valence electrons. The molecule has 0 fully saturated rings. The Balaban J connectivity index is 3.94. The van der Waals surface area contributed by atoms with Crippen LogP contribution in [0.2, 0.25) is 0 Å². The Morgan fingerprint density at radius 3 is 0.850 bits per heavy atom. The number of allylic oxidation sites excluding steroid dienone is 20. The Morgan fingerprint density at radius 2 is 0.570 bits per heavy atom. The molecule has 0 aromatic rings. The van der Waals surface area contributed by atoms with E-state index in [-0.39, 0.29) is 32.0 Å². The fraction of sp³-hybridized carbons (Fsp3) is 0.756. The van der Waals surface area contributed by atoms with Gasteiger partial charge < -0.3 is 27.9 Å². The molecular weight excluding hydrogens is 1250 g/mol. The number of phosphoric acid groups is 1. The summed E-state index contributed by atoms with van der Waals surface area (Å²) in [6, 6.07) is 0. The Hall–Kier alpha value is -3.59. The highest BCUT2D eigenvalue weighted by Crippen LogP contribution is 2.38. The van der Waals surface area contributed by atoms with Crippen LogP contribution >= 0.6 is 7.82 Å².